The van der Waals surface area contributed by atoms with Crippen molar-refractivity contribution >= 4 is 28.2 Å². The molecule has 9 rings (SSSR count). The minimum Gasteiger partial charge on any atom is -0.436 e. The van der Waals surface area contributed by atoms with Crippen LogP contribution in [0, 0.1) is 0 Å². The van der Waals surface area contributed by atoms with Crippen molar-refractivity contribution in [3.8, 4) is 0 Å². The summed E-state index contributed by atoms with van der Waals surface area (Å²) in [4.78, 5) is 53.3. The number of nitrogens with zero attached hydrogens (tertiary/aromatic N) is 5. The van der Waals surface area contributed by atoms with Crippen molar-refractivity contribution in [1.82, 2.24) is 39.3 Å². The molecule has 6 aromatic rings. The zero-order chi connectivity index (χ0) is 38.9. The molecule has 4 aromatic heterocycles. The quantitative estimate of drug-likeness (QED) is 0.141. The van der Waals surface area contributed by atoms with Crippen molar-refractivity contribution in [1.29, 1.82) is 0 Å². The Morgan fingerprint density at radius 2 is 1.25 bits per heavy atom. The molecule has 3 fully saturated rings. The summed E-state index contributed by atoms with van der Waals surface area (Å²) in [6.07, 6.45) is 13.9. The number of aromatic amines is 2. The van der Waals surface area contributed by atoms with Crippen molar-refractivity contribution in [2.24, 2.45) is 0 Å². The van der Waals surface area contributed by atoms with Crippen LogP contribution in [0.3, 0.4) is 0 Å². The number of carbonyl (C=O) groups is 1. The molecule has 5 heterocycles. The molecule has 1 saturated heterocycles. The minimum absolute atomic E-state index is 0.0542. The Morgan fingerprint density at radius 1 is 0.750 bits per heavy atom. The number of rotatable bonds is 8. The maximum absolute atomic E-state index is 12.6. The average molecular weight is 759 g/mol. The second-order valence-electron chi connectivity index (χ2n) is 16.0. The average Bonchev–Trinajstić information content (AvgIpc) is 3.86. The summed E-state index contributed by atoms with van der Waals surface area (Å²) in [5.41, 5.74) is 3.67. The molecule has 0 radical (unpaired) electrons. The van der Waals surface area contributed by atoms with Gasteiger partial charge in [-0.15, -0.1) is 0 Å². The van der Waals surface area contributed by atoms with E-state index < -0.39 is 11.2 Å². The zero-order valence-electron chi connectivity index (χ0n) is 31.9. The highest BCUT2D eigenvalue weighted by Crippen LogP contribution is 2.39. The maximum Gasteiger partial charge on any atom is 0.411 e. The van der Waals surface area contributed by atoms with Crippen LogP contribution in [0.15, 0.2) is 107 Å². The number of amides is 1. The van der Waals surface area contributed by atoms with Gasteiger partial charge in [0.15, 0.2) is 5.60 Å². The number of ether oxygens (including phenoxy) is 1. The van der Waals surface area contributed by atoms with Gasteiger partial charge in [-0.25, -0.2) is 14.4 Å². The first-order valence-corrected chi connectivity index (χ1v) is 19.7. The molecule has 0 bridgehead atoms. The fraction of sp³-hybridized carbons (Fsp3) is 0.419. The molecule has 4 N–H and O–H groups in total. The van der Waals surface area contributed by atoms with E-state index >= 15 is 0 Å². The second kappa shape index (κ2) is 15.5. The van der Waals surface area contributed by atoms with Crippen LogP contribution in [0.5, 0.6) is 0 Å². The molecular weight excluding hydrogens is 709 g/mol. The fourth-order valence-corrected chi connectivity index (χ4v) is 8.98. The predicted molar refractivity (Wildman–Crippen MR) is 214 cm³/mol. The summed E-state index contributed by atoms with van der Waals surface area (Å²) >= 11 is 0. The summed E-state index contributed by atoms with van der Waals surface area (Å²) in [5, 5.41) is 14.3. The van der Waals surface area contributed by atoms with E-state index in [4.69, 9.17) is 4.74 Å². The third-order valence-electron chi connectivity index (χ3n) is 12.1. The van der Waals surface area contributed by atoms with Gasteiger partial charge in [0.05, 0.1) is 46.6 Å². The van der Waals surface area contributed by atoms with Gasteiger partial charge in [-0.2, -0.15) is 0 Å². The Bertz CT molecular complexity index is 2390. The molecule has 3 aliphatic rings. The molecule has 56 heavy (non-hydrogen) atoms. The number of aliphatic hydroxyl groups is 1. The number of pyridine rings is 2. The van der Waals surface area contributed by atoms with Gasteiger partial charge in [0.25, 0.3) is 0 Å². The Labute approximate surface area is 324 Å². The van der Waals surface area contributed by atoms with Gasteiger partial charge in [0, 0.05) is 43.1 Å². The molecule has 1 amide bonds. The summed E-state index contributed by atoms with van der Waals surface area (Å²) in [5.74, 6) is 0. The van der Waals surface area contributed by atoms with Gasteiger partial charge in [-0.3, -0.25) is 19.1 Å². The van der Waals surface area contributed by atoms with E-state index in [1.807, 2.05) is 101 Å². The largest absolute Gasteiger partial charge is 0.436 e. The maximum atomic E-state index is 12.6. The van der Waals surface area contributed by atoms with Gasteiger partial charge in [-0.05, 0) is 88.5 Å². The first kappa shape index (κ1) is 37.4. The number of nitrogens with one attached hydrogen (secondary N) is 3. The summed E-state index contributed by atoms with van der Waals surface area (Å²) < 4.78 is 9.53. The lowest BCUT2D eigenvalue weighted by Crippen LogP contribution is -2.42. The lowest BCUT2D eigenvalue weighted by atomic mass is 9.89. The molecule has 2 aromatic carbocycles. The third kappa shape index (κ3) is 7.53. The van der Waals surface area contributed by atoms with Gasteiger partial charge in [0.2, 0.25) is 0 Å². The number of hydrogen-bond acceptors (Lipinski definition) is 8. The monoisotopic (exact) mass is 758 g/mol. The number of cyclic esters (lactones) is 1. The predicted octanol–water partition coefficient (Wildman–Crippen LogP) is 6.28. The zero-order valence-corrected chi connectivity index (χ0v) is 31.9. The van der Waals surface area contributed by atoms with Crippen molar-refractivity contribution in [3.05, 3.63) is 130 Å². The number of fused-ring (bicyclic) bond motifs is 2. The molecule has 13 heteroatoms. The summed E-state index contributed by atoms with van der Waals surface area (Å²) in [6, 6.07) is 24.3. The van der Waals surface area contributed by atoms with Crippen LogP contribution in [-0.4, -0.2) is 70.3 Å². The Kier molecular flexibility index (Phi) is 10.4. The van der Waals surface area contributed by atoms with Crippen molar-refractivity contribution in [2.75, 3.05) is 13.1 Å². The number of benzene rings is 2. The van der Waals surface area contributed by atoms with Crippen LogP contribution in [0.25, 0.3) is 22.1 Å². The molecule has 2 unspecified atom stereocenters. The van der Waals surface area contributed by atoms with E-state index in [1.54, 1.807) is 24.8 Å². The first-order chi connectivity index (χ1) is 27.1. The van der Waals surface area contributed by atoms with Crippen LogP contribution < -0.4 is 16.7 Å². The number of imidazole rings is 2. The van der Waals surface area contributed by atoms with E-state index in [9.17, 15) is 19.5 Å². The molecule has 0 spiro atoms. The molecule has 2 atom stereocenters. The van der Waals surface area contributed by atoms with Crippen LogP contribution >= 0.6 is 0 Å². The van der Waals surface area contributed by atoms with Crippen molar-refractivity contribution in [3.63, 3.8) is 0 Å². The van der Waals surface area contributed by atoms with Gasteiger partial charge in [-0.1, -0.05) is 60.7 Å². The van der Waals surface area contributed by atoms with E-state index in [0.717, 1.165) is 84.6 Å². The number of carbonyl (C=O) groups excluding carboxylic acids is 1. The SMILES string of the molecule is CC(O)(CNC1CCC(n2c(=O)[nH]c3cnccc32)CC1)c1ccccc1.CC1(c2ccccc2)CN(C2CCC(n3c(=O)[nH]c4cnccc43)CC2)C(=O)O1. The van der Waals surface area contributed by atoms with Crippen molar-refractivity contribution < 1.29 is 14.6 Å². The normalized spacial score (nSPS) is 25.1. The Hall–Kier alpha value is -5.53. The highest BCUT2D eigenvalue weighted by molar-refractivity contribution is 5.74. The highest BCUT2D eigenvalue weighted by Gasteiger charge is 2.46. The molecule has 13 nitrogen and oxygen atoms in total. The van der Waals surface area contributed by atoms with Crippen LogP contribution in [0.1, 0.15) is 88.4 Å². The fourth-order valence-electron chi connectivity index (χ4n) is 8.98. The van der Waals surface area contributed by atoms with E-state index in [0.29, 0.717) is 19.1 Å². The third-order valence-corrected chi connectivity index (χ3v) is 12.1. The van der Waals surface area contributed by atoms with Gasteiger partial charge < -0.3 is 30.0 Å². The highest BCUT2D eigenvalue weighted by atomic mass is 16.6. The molecule has 2 saturated carbocycles. The molecule has 1 aliphatic heterocycles. The topological polar surface area (TPSA) is 163 Å². The van der Waals surface area contributed by atoms with E-state index in [2.05, 4.69) is 25.3 Å². The molecule has 292 valence electrons. The minimum atomic E-state index is -0.890. The van der Waals surface area contributed by atoms with Crippen LogP contribution in [-0.2, 0) is 15.9 Å². The first-order valence-electron chi connectivity index (χ1n) is 19.7. The number of H-pyrrole nitrogens is 2. The Balaban J connectivity index is 0.000000158. The Morgan fingerprint density at radius 3 is 1.80 bits per heavy atom. The lowest BCUT2D eigenvalue weighted by Gasteiger charge is -2.34. The second-order valence-corrected chi connectivity index (χ2v) is 16.0. The van der Waals surface area contributed by atoms with E-state index in [1.165, 1.54) is 0 Å². The van der Waals surface area contributed by atoms with Gasteiger partial charge in [0.1, 0.15) is 0 Å². The van der Waals surface area contributed by atoms with E-state index in [-0.39, 0.29) is 35.6 Å². The molecular formula is C43H50N8O5. The standard InChI is InChI=1S/C22H24N4O3.C21H26N4O2/c1-22(15-5-3-2-4-6-15)14-25(21(28)29-22)16-7-9-17(10-8-16)26-19-11-12-23-13-18(19)24-20(26)27;1-21(27,15-5-3-2-4-6-15)14-23-16-7-9-17(10-8-16)25-19-11-12-22-13-18(19)24-20(25)26/h2-6,11-13,16-17H,7-10,14H2,1H3,(H,24,27);2-6,11-13,16-17,23,27H,7-10,14H2,1H3,(H,24,26). The van der Waals surface area contributed by atoms with Crippen molar-refractivity contribution in [2.45, 2.75) is 101 Å². The number of aromatic nitrogens is 6. The number of hydrogen-bond donors (Lipinski definition) is 4. The van der Waals surface area contributed by atoms with Crippen LogP contribution in [0.2, 0.25) is 0 Å². The smallest absolute Gasteiger partial charge is 0.411 e. The molecule has 2 aliphatic carbocycles. The van der Waals surface area contributed by atoms with Gasteiger partial charge >= 0.3 is 17.5 Å². The lowest BCUT2D eigenvalue weighted by molar-refractivity contribution is 0.0515. The summed E-state index contributed by atoms with van der Waals surface area (Å²) in [6.45, 7) is 4.90. The summed E-state index contributed by atoms with van der Waals surface area (Å²) in [7, 11) is 0. The van der Waals surface area contributed by atoms with Crippen LogP contribution in [0.4, 0.5) is 4.79 Å².